The number of rotatable bonds is 5. The highest BCUT2D eigenvalue weighted by Gasteiger charge is 2.16. The third kappa shape index (κ3) is 3.83. The highest BCUT2D eigenvalue weighted by atomic mass is 35.5. The SMILES string of the molecule is O=[N+]([O-])c1ccc(CCl)cc1OCc1ccc(F)cc1Cl. The molecule has 0 aliphatic rings. The standard InChI is InChI=1S/C14H10Cl2FNO3/c15-7-9-1-4-13(18(19)20)14(5-9)21-8-10-2-3-11(17)6-12(10)16/h1-6H,7-8H2. The summed E-state index contributed by atoms with van der Waals surface area (Å²) in [5, 5.41) is 11.2. The Morgan fingerprint density at radius 1 is 1.24 bits per heavy atom. The smallest absolute Gasteiger partial charge is 0.310 e. The fourth-order valence-electron chi connectivity index (χ4n) is 1.70. The van der Waals surface area contributed by atoms with Gasteiger partial charge in [-0.15, -0.1) is 11.6 Å². The molecule has 0 saturated carbocycles. The molecule has 0 saturated heterocycles. The molecule has 0 aromatic heterocycles. The minimum absolute atomic E-state index is 0.00824. The van der Waals surface area contributed by atoms with Crippen molar-refractivity contribution in [2.45, 2.75) is 12.5 Å². The monoisotopic (exact) mass is 329 g/mol. The Morgan fingerprint density at radius 3 is 2.62 bits per heavy atom. The molecule has 0 atom stereocenters. The van der Waals surface area contributed by atoms with Crippen LogP contribution in [-0.2, 0) is 12.5 Å². The van der Waals surface area contributed by atoms with E-state index in [1.54, 1.807) is 6.07 Å². The van der Waals surface area contributed by atoms with Crippen LogP contribution in [0.2, 0.25) is 5.02 Å². The first kappa shape index (κ1) is 15.5. The topological polar surface area (TPSA) is 52.4 Å². The average Bonchev–Trinajstić information content (AvgIpc) is 2.45. The molecule has 21 heavy (non-hydrogen) atoms. The predicted molar refractivity (Wildman–Crippen MR) is 78.4 cm³/mol. The number of halogens is 3. The summed E-state index contributed by atoms with van der Waals surface area (Å²) in [6.07, 6.45) is 0. The number of alkyl halides is 1. The number of nitrogens with zero attached hydrogens (tertiary/aromatic N) is 1. The molecule has 0 aliphatic heterocycles. The number of hydrogen-bond donors (Lipinski definition) is 0. The molecule has 110 valence electrons. The maximum Gasteiger partial charge on any atom is 0.310 e. The Bertz CT molecular complexity index is 679. The van der Waals surface area contributed by atoms with Crippen LogP contribution in [0.15, 0.2) is 36.4 Å². The summed E-state index contributed by atoms with van der Waals surface area (Å²) in [5.74, 6) is -0.150. The maximum atomic E-state index is 13.0. The summed E-state index contributed by atoms with van der Waals surface area (Å²) >= 11 is 11.6. The van der Waals surface area contributed by atoms with Crippen LogP contribution < -0.4 is 4.74 Å². The van der Waals surface area contributed by atoms with Gasteiger partial charge < -0.3 is 4.74 Å². The minimum atomic E-state index is -0.542. The van der Waals surface area contributed by atoms with Gasteiger partial charge in [0.25, 0.3) is 0 Å². The van der Waals surface area contributed by atoms with Crippen LogP contribution in [0.25, 0.3) is 0 Å². The fourth-order valence-corrected chi connectivity index (χ4v) is 2.09. The van der Waals surface area contributed by atoms with E-state index in [1.165, 1.54) is 24.3 Å². The lowest BCUT2D eigenvalue weighted by Crippen LogP contribution is -2.00. The first-order chi connectivity index (χ1) is 10.0. The first-order valence-electron chi connectivity index (χ1n) is 5.91. The zero-order chi connectivity index (χ0) is 15.4. The van der Waals surface area contributed by atoms with Crippen LogP contribution in [-0.4, -0.2) is 4.92 Å². The Morgan fingerprint density at radius 2 is 2.00 bits per heavy atom. The number of nitro benzene ring substituents is 1. The van der Waals surface area contributed by atoms with Gasteiger partial charge in [-0.1, -0.05) is 23.7 Å². The number of nitro groups is 1. The lowest BCUT2D eigenvalue weighted by molar-refractivity contribution is -0.386. The van der Waals surface area contributed by atoms with Crippen molar-refractivity contribution in [3.8, 4) is 5.75 Å². The average molecular weight is 330 g/mol. The Kier molecular flexibility index (Phi) is 4.98. The zero-order valence-electron chi connectivity index (χ0n) is 10.7. The van der Waals surface area contributed by atoms with E-state index in [-0.39, 0.29) is 28.9 Å². The summed E-state index contributed by atoms with van der Waals surface area (Å²) in [6.45, 7) is -0.00824. The molecule has 0 bridgehead atoms. The highest BCUT2D eigenvalue weighted by Crippen LogP contribution is 2.30. The molecule has 0 amide bonds. The maximum absolute atomic E-state index is 13.0. The largest absolute Gasteiger partial charge is 0.482 e. The fraction of sp³-hybridized carbons (Fsp3) is 0.143. The van der Waals surface area contributed by atoms with E-state index >= 15 is 0 Å². The molecule has 0 unspecified atom stereocenters. The summed E-state index contributed by atoms with van der Waals surface area (Å²) in [5.41, 5.74) is 1.06. The summed E-state index contributed by atoms with van der Waals surface area (Å²) in [6, 6.07) is 8.26. The molecule has 0 N–H and O–H groups in total. The van der Waals surface area contributed by atoms with Crippen molar-refractivity contribution in [3.05, 3.63) is 68.5 Å². The van der Waals surface area contributed by atoms with Crippen molar-refractivity contribution in [3.63, 3.8) is 0 Å². The third-order valence-electron chi connectivity index (χ3n) is 2.77. The zero-order valence-corrected chi connectivity index (χ0v) is 12.2. The molecule has 0 heterocycles. The van der Waals surface area contributed by atoms with Crippen molar-refractivity contribution in [1.29, 1.82) is 0 Å². The van der Waals surface area contributed by atoms with Gasteiger partial charge in [0.05, 0.1) is 9.95 Å². The van der Waals surface area contributed by atoms with Gasteiger partial charge >= 0.3 is 5.69 Å². The van der Waals surface area contributed by atoms with Crippen molar-refractivity contribution in [1.82, 2.24) is 0 Å². The van der Waals surface area contributed by atoms with Crippen LogP contribution in [0.3, 0.4) is 0 Å². The summed E-state index contributed by atoms with van der Waals surface area (Å²) in [4.78, 5) is 10.4. The Balaban J connectivity index is 2.24. The van der Waals surface area contributed by atoms with Gasteiger partial charge in [-0.25, -0.2) is 4.39 Å². The van der Waals surface area contributed by atoms with E-state index in [0.29, 0.717) is 11.1 Å². The van der Waals surface area contributed by atoms with Gasteiger partial charge in [-0.2, -0.15) is 0 Å². The molecule has 2 aromatic rings. The molecule has 7 heteroatoms. The van der Waals surface area contributed by atoms with Crippen LogP contribution in [0, 0.1) is 15.9 Å². The molecule has 2 rings (SSSR count). The van der Waals surface area contributed by atoms with Crippen molar-refractivity contribution < 1.29 is 14.1 Å². The molecule has 4 nitrogen and oxygen atoms in total. The van der Waals surface area contributed by atoms with Gasteiger partial charge in [-0.05, 0) is 23.8 Å². The Labute approximate surface area is 130 Å². The first-order valence-corrected chi connectivity index (χ1v) is 6.82. The lowest BCUT2D eigenvalue weighted by atomic mass is 10.2. The summed E-state index contributed by atoms with van der Waals surface area (Å²) < 4.78 is 18.4. The second kappa shape index (κ2) is 6.74. The van der Waals surface area contributed by atoms with Crippen LogP contribution in [0.5, 0.6) is 5.75 Å². The van der Waals surface area contributed by atoms with E-state index < -0.39 is 10.7 Å². The van der Waals surface area contributed by atoms with Gasteiger partial charge in [0.1, 0.15) is 12.4 Å². The predicted octanol–water partition coefficient (Wildman–Crippen LogP) is 4.71. The number of hydrogen-bond acceptors (Lipinski definition) is 3. The van der Waals surface area contributed by atoms with Crippen molar-refractivity contribution in [2.75, 3.05) is 0 Å². The molecule has 0 fully saturated rings. The lowest BCUT2D eigenvalue weighted by Gasteiger charge is -2.09. The second-order valence-electron chi connectivity index (χ2n) is 4.22. The van der Waals surface area contributed by atoms with Gasteiger partial charge in [0.2, 0.25) is 0 Å². The van der Waals surface area contributed by atoms with E-state index in [0.717, 1.165) is 6.07 Å². The molecular formula is C14H10Cl2FNO3. The van der Waals surface area contributed by atoms with Crippen LogP contribution in [0.1, 0.15) is 11.1 Å². The van der Waals surface area contributed by atoms with Gasteiger partial charge in [-0.3, -0.25) is 10.1 Å². The van der Waals surface area contributed by atoms with Gasteiger partial charge in [0.15, 0.2) is 5.75 Å². The number of benzene rings is 2. The van der Waals surface area contributed by atoms with Crippen LogP contribution in [0.4, 0.5) is 10.1 Å². The molecule has 0 aliphatic carbocycles. The van der Waals surface area contributed by atoms with E-state index in [4.69, 9.17) is 27.9 Å². The van der Waals surface area contributed by atoms with Crippen molar-refractivity contribution in [2.24, 2.45) is 0 Å². The van der Waals surface area contributed by atoms with Crippen LogP contribution >= 0.6 is 23.2 Å². The Hall–Kier alpha value is -1.85. The number of ether oxygens (including phenoxy) is 1. The third-order valence-corrected chi connectivity index (χ3v) is 3.43. The highest BCUT2D eigenvalue weighted by molar-refractivity contribution is 6.31. The molecule has 0 radical (unpaired) electrons. The van der Waals surface area contributed by atoms with E-state index in [2.05, 4.69) is 0 Å². The summed E-state index contributed by atoms with van der Waals surface area (Å²) in [7, 11) is 0. The second-order valence-corrected chi connectivity index (χ2v) is 4.89. The van der Waals surface area contributed by atoms with Gasteiger partial charge in [0, 0.05) is 17.5 Å². The molecule has 2 aromatic carbocycles. The molecule has 0 spiro atoms. The normalized spacial score (nSPS) is 10.4. The van der Waals surface area contributed by atoms with Crippen molar-refractivity contribution >= 4 is 28.9 Å². The minimum Gasteiger partial charge on any atom is -0.482 e. The molecular weight excluding hydrogens is 320 g/mol. The van der Waals surface area contributed by atoms with E-state index in [9.17, 15) is 14.5 Å². The quantitative estimate of drug-likeness (QED) is 0.453. The van der Waals surface area contributed by atoms with E-state index in [1.807, 2.05) is 0 Å².